The number of nitrogens with one attached hydrogen (secondary N) is 3. The molecular formula is C18H17N5O5S2. The number of carbonyl (C=O) groups is 1. The summed E-state index contributed by atoms with van der Waals surface area (Å²) in [5, 5.41) is 2.34. The Labute approximate surface area is 173 Å². The van der Waals surface area contributed by atoms with Crippen LogP contribution in [0, 0.1) is 6.92 Å². The van der Waals surface area contributed by atoms with Crippen molar-refractivity contribution < 1.29 is 21.6 Å². The van der Waals surface area contributed by atoms with Gasteiger partial charge in [-0.1, -0.05) is 17.7 Å². The highest BCUT2D eigenvalue weighted by Crippen LogP contribution is 2.17. The standard InChI is InChI=1S/C18H17N5O5S2/c1-13-3-7-15(8-4-13)30(27,28)23-18(24)21-14-5-9-16(10-6-14)29(25,26)22-17-19-11-2-12-20-17/h2-12H,1H3,(H,19,20,22)(H2,21,23,24). The average molecular weight is 447 g/mol. The summed E-state index contributed by atoms with van der Waals surface area (Å²) < 4.78 is 53.2. The zero-order chi connectivity index (χ0) is 21.8. The number of amides is 2. The van der Waals surface area contributed by atoms with E-state index < -0.39 is 26.1 Å². The molecule has 2 amide bonds. The fourth-order valence-corrected chi connectivity index (χ4v) is 4.17. The second kappa shape index (κ2) is 8.47. The normalized spacial score (nSPS) is 11.5. The maximum absolute atomic E-state index is 12.3. The number of rotatable bonds is 6. The van der Waals surface area contributed by atoms with Gasteiger partial charge in [0.25, 0.3) is 20.0 Å². The van der Waals surface area contributed by atoms with Crippen molar-refractivity contribution >= 4 is 37.7 Å². The minimum atomic E-state index is -4.04. The van der Waals surface area contributed by atoms with E-state index in [9.17, 15) is 21.6 Å². The molecule has 0 radical (unpaired) electrons. The van der Waals surface area contributed by atoms with Crippen molar-refractivity contribution in [1.29, 1.82) is 0 Å². The average Bonchev–Trinajstić information content (AvgIpc) is 2.68. The smallest absolute Gasteiger partial charge is 0.307 e. The van der Waals surface area contributed by atoms with Crippen LogP contribution in [-0.4, -0.2) is 32.8 Å². The first-order valence-corrected chi connectivity index (χ1v) is 11.4. The molecule has 0 fully saturated rings. The second-order valence-corrected chi connectivity index (χ2v) is 9.44. The minimum absolute atomic E-state index is 0.0566. The van der Waals surface area contributed by atoms with Crippen LogP contribution in [0.5, 0.6) is 0 Å². The van der Waals surface area contributed by atoms with Crippen LogP contribution in [-0.2, 0) is 20.0 Å². The van der Waals surface area contributed by atoms with Crippen molar-refractivity contribution in [2.75, 3.05) is 10.0 Å². The van der Waals surface area contributed by atoms with Gasteiger partial charge in [0.15, 0.2) is 0 Å². The number of nitrogens with zero attached hydrogens (tertiary/aromatic N) is 2. The number of benzene rings is 2. The summed E-state index contributed by atoms with van der Waals surface area (Å²) >= 11 is 0. The number of aryl methyl sites for hydroxylation is 1. The summed E-state index contributed by atoms with van der Waals surface area (Å²) in [4.78, 5) is 19.5. The largest absolute Gasteiger partial charge is 0.333 e. The van der Waals surface area contributed by atoms with Gasteiger partial charge in [0.2, 0.25) is 5.95 Å². The van der Waals surface area contributed by atoms with Gasteiger partial charge in [0.1, 0.15) is 0 Å². The lowest BCUT2D eigenvalue weighted by Gasteiger charge is -2.10. The second-order valence-electron chi connectivity index (χ2n) is 6.07. The van der Waals surface area contributed by atoms with Gasteiger partial charge in [-0.3, -0.25) is 0 Å². The third-order valence-electron chi connectivity index (χ3n) is 3.77. The summed E-state index contributed by atoms with van der Waals surface area (Å²) in [6.45, 7) is 1.81. The molecule has 0 saturated heterocycles. The molecule has 3 aromatic rings. The maximum atomic E-state index is 12.3. The summed E-state index contributed by atoms with van der Waals surface area (Å²) in [6.07, 6.45) is 2.78. The van der Waals surface area contributed by atoms with Crippen molar-refractivity contribution in [3.63, 3.8) is 0 Å². The van der Waals surface area contributed by atoms with Gasteiger partial charge in [-0.05, 0) is 49.4 Å². The lowest BCUT2D eigenvalue weighted by Crippen LogP contribution is -2.34. The molecule has 12 heteroatoms. The number of urea groups is 1. The molecule has 2 aromatic carbocycles. The molecule has 1 aromatic heterocycles. The van der Waals surface area contributed by atoms with Gasteiger partial charge < -0.3 is 5.32 Å². The molecule has 10 nitrogen and oxygen atoms in total. The van der Waals surface area contributed by atoms with Gasteiger partial charge >= 0.3 is 6.03 Å². The zero-order valence-corrected chi connectivity index (χ0v) is 17.2. The third kappa shape index (κ3) is 5.30. The molecule has 0 bridgehead atoms. The Hall–Kier alpha value is -3.51. The number of sulfonamides is 2. The molecule has 0 aliphatic rings. The number of hydrogen-bond acceptors (Lipinski definition) is 7. The highest BCUT2D eigenvalue weighted by atomic mass is 32.2. The first-order chi connectivity index (χ1) is 14.2. The van der Waals surface area contributed by atoms with Crippen LogP contribution in [0.25, 0.3) is 0 Å². The topological polar surface area (TPSA) is 147 Å². The lowest BCUT2D eigenvalue weighted by atomic mass is 10.2. The van der Waals surface area contributed by atoms with E-state index in [0.29, 0.717) is 0 Å². The molecule has 3 rings (SSSR count). The number of hydrogen-bond donors (Lipinski definition) is 3. The minimum Gasteiger partial charge on any atom is -0.307 e. The van der Waals surface area contributed by atoms with Crippen LogP contribution < -0.4 is 14.8 Å². The molecule has 1 heterocycles. The fraction of sp³-hybridized carbons (Fsp3) is 0.0556. The predicted octanol–water partition coefficient (Wildman–Crippen LogP) is 2.10. The molecular weight excluding hydrogens is 430 g/mol. The summed E-state index contributed by atoms with van der Waals surface area (Å²) in [5.41, 5.74) is 1.07. The molecule has 3 N–H and O–H groups in total. The molecule has 0 aliphatic heterocycles. The highest BCUT2D eigenvalue weighted by Gasteiger charge is 2.18. The van der Waals surface area contributed by atoms with Crippen molar-refractivity contribution in [1.82, 2.24) is 14.7 Å². The van der Waals surface area contributed by atoms with E-state index in [-0.39, 0.29) is 21.4 Å². The van der Waals surface area contributed by atoms with Crippen molar-refractivity contribution in [2.24, 2.45) is 0 Å². The van der Waals surface area contributed by atoms with E-state index in [1.54, 1.807) is 18.2 Å². The predicted molar refractivity (Wildman–Crippen MR) is 110 cm³/mol. The van der Waals surface area contributed by atoms with E-state index in [2.05, 4.69) is 20.0 Å². The Morgan fingerprint density at radius 2 is 1.33 bits per heavy atom. The zero-order valence-electron chi connectivity index (χ0n) is 15.6. The Balaban J connectivity index is 1.66. The van der Waals surface area contributed by atoms with E-state index in [1.807, 2.05) is 11.6 Å². The van der Waals surface area contributed by atoms with Crippen molar-refractivity contribution in [2.45, 2.75) is 16.7 Å². The fourth-order valence-electron chi connectivity index (χ4n) is 2.30. The Bertz CT molecular complexity index is 1240. The summed E-state index contributed by atoms with van der Waals surface area (Å²) in [5.74, 6) is -0.0830. The van der Waals surface area contributed by atoms with Crippen LogP contribution in [0.3, 0.4) is 0 Å². The van der Waals surface area contributed by atoms with Crippen LogP contribution in [0.15, 0.2) is 76.8 Å². The van der Waals surface area contributed by atoms with Gasteiger partial charge in [0, 0.05) is 18.1 Å². The van der Waals surface area contributed by atoms with E-state index in [0.717, 1.165) is 5.56 Å². The van der Waals surface area contributed by atoms with Crippen molar-refractivity contribution in [3.05, 3.63) is 72.6 Å². The van der Waals surface area contributed by atoms with Crippen LogP contribution in [0.4, 0.5) is 16.4 Å². The van der Waals surface area contributed by atoms with Crippen LogP contribution in [0.1, 0.15) is 5.56 Å². The molecule has 0 unspecified atom stereocenters. The Morgan fingerprint density at radius 1 is 0.800 bits per heavy atom. The van der Waals surface area contributed by atoms with Gasteiger partial charge in [-0.2, -0.15) is 0 Å². The van der Waals surface area contributed by atoms with E-state index in [4.69, 9.17) is 0 Å². The Kier molecular flexibility index (Phi) is 5.99. The monoisotopic (exact) mass is 447 g/mol. The van der Waals surface area contributed by atoms with Gasteiger partial charge in [-0.25, -0.2) is 41.0 Å². The number of anilines is 2. The van der Waals surface area contributed by atoms with E-state index >= 15 is 0 Å². The van der Waals surface area contributed by atoms with Crippen LogP contribution >= 0.6 is 0 Å². The van der Waals surface area contributed by atoms with E-state index in [1.165, 1.54) is 48.8 Å². The van der Waals surface area contributed by atoms with Crippen LogP contribution in [0.2, 0.25) is 0 Å². The quantitative estimate of drug-likeness (QED) is 0.524. The first kappa shape index (κ1) is 21.2. The first-order valence-electron chi connectivity index (χ1n) is 8.46. The highest BCUT2D eigenvalue weighted by molar-refractivity contribution is 7.92. The molecule has 156 valence electrons. The van der Waals surface area contributed by atoms with Gasteiger partial charge in [0.05, 0.1) is 9.79 Å². The summed E-state index contributed by atoms with van der Waals surface area (Å²) in [6, 6.07) is 11.7. The molecule has 0 saturated carbocycles. The number of aromatic nitrogens is 2. The molecule has 0 aliphatic carbocycles. The lowest BCUT2D eigenvalue weighted by molar-refractivity contribution is 0.256. The summed E-state index contributed by atoms with van der Waals surface area (Å²) in [7, 11) is -7.97. The Morgan fingerprint density at radius 3 is 1.93 bits per heavy atom. The SMILES string of the molecule is Cc1ccc(S(=O)(=O)NC(=O)Nc2ccc(S(=O)(=O)Nc3ncccn3)cc2)cc1. The third-order valence-corrected chi connectivity index (χ3v) is 6.46. The molecule has 0 spiro atoms. The maximum Gasteiger partial charge on any atom is 0.333 e. The van der Waals surface area contributed by atoms with Gasteiger partial charge in [-0.15, -0.1) is 0 Å². The molecule has 30 heavy (non-hydrogen) atoms. The van der Waals surface area contributed by atoms with Crippen molar-refractivity contribution in [3.8, 4) is 0 Å². The number of carbonyl (C=O) groups excluding carboxylic acids is 1. The molecule has 0 atom stereocenters.